The molecule has 2 unspecified atom stereocenters. The summed E-state index contributed by atoms with van der Waals surface area (Å²) in [6, 6.07) is 0.414. The summed E-state index contributed by atoms with van der Waals surface area (Å²) in [6.45, 7) is 9.67. The van der Waals surface area contributed by atoms with Crippen LogP contribution < -0.4 is 0 Å². The van der Waals surface area contributed by atoms with Crippen molar-refractivity contribution in [3.8, 4) is 0 Å². The summed E-state index contributed by atoms with van der Waals surface area (Å²) in [5, 5.41) is 17.4. The summed E-state index contributed by atoms with van der Waals surface area (Å²) >= 11 is 0. The number of nitrogens with one attached hydrogen (secondary N) is 1. The molecular weight excluding hydrogens is 238 g/mol. The minimum absolute atomic E-state index is 0.258. The van der Waals surface area contributed by atoms with Crippen LogP contribution in [-0.2, 0) is 0 Å². The normalized spacial score (nSPS) is 21.7. The van der Waals surface area contributed by atoms with Gasteiger partial charge in [0.05, 0.1) is 11.8 Å². The molecule has 1 fully saturated rings. The topological polar surface area (TPSA) is 52.1 Å². The zero-order valence-electron chi connectivity index (χ0n) is 12.0. The van der Waals surface area contributed by atoms with E-state index in [0.29, 0.717) is 6.04 Å². The average molecular weight is 263 g/mol. The van der Waals surface area contributed by atoms with Gasteiger partial charge in [-0.2, -0.15) is 5.10 Å². The minimum Gasteiger partial charge on any atom is -0.392 e. The summed E-state index contributed by atoms with van der Waals surface area (Å²) in [6.07, 6.45) is 5.65. The molecule has 19 heavy (non-hydrogen) atoms. The molecule has 1 aliphatic heterocycles. The van der Waals surface area contributed by atoms with Crippen molar-refractivity contribution >= 4 is 0 Å². The van der Waals surface area contributed by atoms with Crippen molar-refractivity contribution in [1.82, 2.24) is 15.1 Å². The van der Waals surface area contributed by atoms with E-state index in [2.05, 4.69) is 35.5 Å². The van der Waals surface area contributed by atoms with Crippen molar-refractivity contribution < 1.29 is 5.11 Å². The SMILES string of the molecule is C=CCCC(O)CN1CCCC1c1c(C)n[nH]c1C. The van der Waals surface area contributed by atoms with E-state index >= 15 is 0 Å². The maximum absolute atomic E-state index is 10.1. The van der Waals surface area contributed by atoms with E-state index in [4.69, 9.17) is 0 Å². The van der Waals surface area contributed by atoms with Gasteiger partial charge in [-0.3, -0.25) is 10.00 Å². The van der Waals surface area contributed by atoms with Crippen molar-refractivity contribution in [2.75, 3.05) is 13.1 Å². The molecule has 1 aromatic heterocycles. The predicted octanol–water partition coefficient (Wildman–Crippen LogP) is 2.49. The number of hydrogen-bond acceptors (Lipinski definition) is 3. The maximum Gasteiger partial charge on any atom is 0.0670 e. The van der Waals surface area contributed by atoms with Crippen molar-refractivity contribution in [3.63, 3.8) is 0 Å². The van der Waals surface area contributed by atoms with E-state index in [1.54, 1.807) is 0 Å². The van der Waals surface area contributed by atoms with Crippen LogP contribution in [0.2, 0.25) is 0 Å². The predicted molar refractivity (Wildman–Crippen MR) is 77.0 cm³/mol. The number of aromatic nitrogens is 2. The Balaban J connectivity index is 2.03. The highest BCUT2D eigenvalue weighted by Gasteiger charge is 2.30. The van der Waals surface area contributed by atoms with Crippen molar-refractivity contribution in [2.24, 2.45) is 0 Å². The molecule has 0 aliphatic carbocycles. The lowest BCUT2D eigenvalue weighted by molar-refractivity contribution is 0.0994. The van der Waals surface area contributed by atoms with Gasteiger partial charge in [0.25, 0.3) is 0 Å². The second-order valence-electron chi connectivity index (χ2n) is 5.52. The first-order chi connectivity index (χ1) is 9.13. The third-order valence-electron chi connectivity index (χ3n) is 4.03. The fraction of sp³-hybridized carbons (Fsp3) is 0.667. The Morgan fingerprint density at radius 1 is 1.58 bits per heavy atom. The van der Waals surface area contributed by atoms with Crippen LogP contribution in [0.25, 0.3) is 0 Å². The van der Waals surface area contributed by atoms with Crippen LogP contribution in [0.15, 0.2) is 12.7 Å². The van der Waals surface area contributed by atoms with Gasteiger partial charge in [0.15, 0.2) is 0 Å². The van der Waals surface area contributed by atoms with Crippen LogP contribution in [0.4, 0.5) is 0 Å². The van der Waals surface area contributed by atoms with E-state index in [9.17, 15) is 5.11 Å². The number of aromatic amines is 1. The van der Waals surface area contributed by atoms with Crippen molar-refractivity contribution in [2.45, 2.75) is 51.7 Å². The molecule has 0 radical (unpaired) electrons. The number of aryl methyl sites for hydroxylation is 2. The van der Waals surface area contributed by atoms with Crippen LogP contribution in [0.5, 0.6) is 0 Å². The standard InChI is InChI=1S/C15H25N3O/c1-4-5-7-13(19)10-18-9-6-8-14(18)15-11(2)16-17-12(15)3/h4,13-14,19H,1,5-10H2,2-3H3,(H,16,17). The van der Waals surface area contributed by atoms with Crippen molar-refractivity contribution in [3.05, 3.63) is 29.6 Å². The number of likely N-dealkylation sites (tertiary alicyclic amines) is 1. The third kappa shape index (κ3) is 3.25. The Kier molecular flexibility index (Phi) is 4.77. The second-order valence-corrected chi connectivity index (χ2v) is 5.52. The zero-order valence-corrected chi connectivity index (χ0v) is 12.0. The molecule has 0 saturated carbocycles. The van der Waals surface area contributed by atoms with Gasteiger partial charge in [0, 0.05) is 23.8 Å². The van der Waals surface area contributed by atoms with Gasteiger partial charge < -0.3 is 5.11 Å². The molecule has 2 atom stereocenters. The Bertz CT molecular complexity index is 408. The first kappa shape index (κ1) is 14.3. The van der Waals surface area contributed by atoms with Gasteiger partial charge in [0.2, 0.25) is 0 Å². The van der Waals surface area contributed by atoms with Gasteiger partial charge in [0.1, 0.15) is 0 Å². The number of β-amino-alcohol motifs (C(OH)–C–C–N with tert-alkyl or cyclic N) is 1. The molecule has 0 amide bonds. The highest BCUT2D eigenvalue weighted by atomic mass is 16.3. The monoisotopic (exact) mass is 263 g/mol. The van der Waals surface area contributed by atoms with Gasteiger partial charge in [-0.25, -0.2) is 0 Å². The number of nitrogens with zero attached hydrogens (tertiary/aromatic N) is 2. The number of aliphatic hydroxyl groups is 1. The quantitative estimate of drug-likeness (QED) is 0.775. The molecule has 2 rings (SSSR count). The molecule has 4 nitrogen and oxygen atoms in total. The summed E-state index contributed by atoms with van der Waals surface area (Å²) in [7, 11) is 0. The maximum atomic E-state index is 10.1. The van der Waals surface area contributed by atoms with E-state index in [1.165, 1.54) is 12.0 Å². The van der Waals surface area contributed by atoms with Gasteiger partial charge in [-0.1, -0.05) is 6.08 Å². The Morgan fingerprint density at radius 2 is 2.37 bits per heavy atom. The first-order valence-electron chi connectivity index (χ1n) is 7.18. The third-order valence-corrected chi connectivity index (χ3v) is 4.03. The van der Waals surface area contributed by atoms with Crippen LogP contribution in [0.1, 0.15) is 48.7 Å². The first-order valence-corrected chi connectivity index (χ1v) is 7.18. The Labute approximate surface area is 115 Å². The van der Waals surface area contributed by atoms with E-state index in [-0.39, 0.29) is 6.10 Å². The molecule has 2 N–H and O–H groups in total. The molecule has 106 valence electrons. The van der Waals surface area contributed by atoms with Crippen LogP contribution in [0, 0.1) is 13.8 Å². The average Bonchev–Trinajstić information content (AvgIpc) is 2.94. The number of rotatable bonds is 6. The largest absolute Gasteiger partial charge is 0.392 e. The molecule has 1 saturated heterocycles. The van der Waals surface area contributed by atoms with Gasteiger partial charge in [-0.05, 0) is 46.1 Å². The van der Waals surface area contributed by atoms with Gasteiger partial charge in [-0.15, -0.1) is 6.58 Å². The van der Waals surface area contributed by atoms with E-state index < -0.39 is 0 Å². The molecule has 1 aromatic rings. The molecule has 2 heterocycles. The second kappa shape index (κ2) is 6.35. The zero-order chi connectivity index (χ0) is 13.8. The summed E-state index contributed by atoms with van der Waals surface area (Å²) in [5.41, 5.74) is 3.58. The lowest BCUT2D eigenvalue weighted by atomic mass is 10.0. The minimum atomic E-state index is -0.258. The fourth-order valence-corrected chi connectivity index (χ4v) is 3.09. The van der Waals surface area contributed by atoms with Crippen LogP contribution in [-0.4, -0.2) is 39.4 Å². The Morgan fingerprint density at radius 3 is 3.00 bits per heavy atom. The molecule has 4 heteroatoms. The van der Waals surface area contributed by atoms with Crippen LogP contribution >= 0.6 is 0 Å². The number of H-pyrrole nitrogens is 1. The van der Waals surface area contributed by atoms with E-state index in [0.717, 1.165) is 43.7 Å². The summed E-state index contributed by atoms with van der Waals surface area (Å²) in [5.74, 6) is 0. The molecular formula is C15H25N3O. The fourth-order valence-electron chi connectivity index (χ4n) is 3.09. The number of aliphatic hydroxyl groups excluding tert-OH is 1. The van der Waals surface area contributed by atoms with Crippen LogP contribution in [0.3, 0.4) is 0 Å². The lowest BCUT2D eigenvalue weighted by Crippen LogP contribution is -2.32. The molecule has 0 aromatic carbocycles. The van der Waals surface area contributed by atoms with Crippen molar-refractivity contribution in [1.29, 1.82) is 0 Å². The summed E-state index contributed by atoms with van der Waals surface area (Å²) in [4.78, 5) is 2.40. The smallest absolute Gasteiger partial charge is 0.0670 e. The highest BCUT2D eigenvalue weighted by molar-refractivity contribution is 5.28. The highest BCUT2D eigenvalue weighted by Crippen LogP contribution is 2.34. The van der Waals surface area contributed by atoms with E-state index in [1.807, 2.05) is 6.08 Å². The molecule has 0 bridgehead atoms. The van der Waals surface area contributed by atoms with Gasteiger partial charge >= 0.3 is 0 Å². The summed E-state index contributed by atoms with van der Waals surface area (Å²) < 4.78 is 0. The number of allylic oxidation sites excluding steroid dienone is 1. The number of hydrogen-bond donors (Lipinski definition) is 2. The molecule has 0 spiro atoms. The molecule has 1 aliphatic rings. The Hall–Kier alpha value is -1.13. The lowest BCUT2D eigenvalue weighted by Gasteiger charge is -2.27.